The van der Waals surface area contributed by atoms with E-state index < -0.39 is 33.9 Å². The number of nitrogens with one attached hydrogen (secondary N) is 1. The summed E-state index contributed by atoms with van der Waals surface area (Å²) in [6.45, 7) is 1.92. The molecular weight excluding hydrogens is 292 g/mol. The highest BCUT2D eigenvalue weighted by Crippen LogP contribution is 2.16. The van der Waals surface area contributed by atoms with Crippen LogP contribution in [0.1, 0.15) is 6.92 Å². The van der Waals surface area contributed by atoms with Crippen molar-refractivity contribution in [1.29, 1.82) is 0 Å². The monoisotopic (exact) mass is 310 g/mol. The number of carboxylic acids is 1. The van der Waals surface area contributed by atoms with Crippen molar-refractivity contribution in [2.24, 2.45) is 0 Å². The fraction of sp³-hybridized carbons (Fsp3) is 0.800. The number of amides is 2. The first-order chi connectivity index (χ1) is 8.70. The molecule has 0 aliphatic carbocycles. The zero-order chi connectivity index (χ0) is 14.6. The highest BCUT2D eigenvalue weighted by Gasteiger charge is 2.32. The van der Waals surface area contributed by atoms with Crippen LogP contribution in [0.4, 0.5) is 4.79 Å². The normalized spacial score (nSPS) is 21.8. The van der Waals surface area contributed by atoms with Crippen LogP contribution in [0, 0.1) is 0 Å². The predicted molar refractivity (Wildman–Crippen MR) is 73.2 cm³/mol. The Bertz CT molecular complexity index is 451. The van der Waals surface area contributed by atoms with Gasteiger partial charge in [0.2, 0.25) is 0 Å². The summed E-state index contributed by atoms with van der Waals surface area (Å²) in [5.41, 5.74) is 0. The van der Waals surface area contributed by atoms with Gasteiger partial charge < -0.3 is 15.3 Å². The fourth-order valence-electron chi connectivity index (χ4n) is 1.84. The van der Waals surface area contributed by atoms with Crippen molar-refractivity contribution in [3.05, 3.63) is 0 Å². The molecule has 0 aromatic carbocycles. The number of thioether (sulfide) groups is 1. The Kier molecular flexibility index (Phi) is 5.48. The lowest BCUT2D eigenvalue weighted by molar-refractivity contribution is -0.141. The Morgan fingerprint density at radius 1 is 1.53 bits per heavy atom. The Morgan fingerprint density at radius 3 is 2.68 bits per heavy atom. The van der Waals surface area contributed by atoms with Crippen molar-refractivity contribution in [2.45, 2.75) is 19.0 Å². The third-order valence-corrected chi connectivity index (χ3v) is 4.73. The molecule has 0 bridgehead atoms. The molecule has 0 aromatic heterocycles. The summed E-state index contributed by atoms with van der Waals surface area (Å²) >= 11 is 1.48. The van der Waals surface area contributed by atoms with Gasteiger partial charge in [-0.05, 0) is 6.92 Å². The van der Waals surface area contributed by atoms with Gasteiger partial charge in [0.25, 0.3) is 0 Å². The molecule has 1 fully saturated rings. The van der Waals surface area contributed by atoms with Crippen LogP contribution >= 0.6 is 11.8 Å². The van der Waals surface area contributed by atoms with Gasteiger partial charge in [-0.25, -0.2) is 18.0 Å². The van der Waals surface area contributed by atoms with Crippen LogP contribution in [-0.4, -0.2) is 72.6 Å². The Labute approximate surface area is 116 Å². The molecule has 1 saturated heterocycles. The first-order valence-electron chi connectivity index (χ1n) is 5.76. The van der Waals surface area contributed by atoms with E-state index >= 15 is 0 Å². The molecule has 0 radical (unpaired) electrons. The van der Waals surface area contributed by atoms with Crippen molar-refractivity contribution in [2.75, 3.05) is 30.1 Å². The van der Waals surface area contributed by atoms with E-state index in [0.29, 0.717) is 18.1 Å². The molecular formula is C10H18N2O5S2. The summed E-state index contributed by atoms with van der Waals surface area (Å²) in [4.78, 5) is 24.3. The van der Waals surface area contributed by atoms with Crippen LogP contribution < -0.4 is 5.32 Å². The van der Waals surface area contributed by atoms with Crippen LogP contribution in [0.5, 0.6) is 0 Å². The van der Waals surface area contributed by atoms with E-state index in [1.807, 2.05) is 0 Å². The van der Waals surface area contributed by atoms with Crippen LogP contribution in [0.3, 0.4) is 0 Å². The number of sulfone groups is 1. The number of aliphatic carboxylic acids is 1. The van der Waals surface area contributed by atoms with Gasteiger partial charge in [-0.2, -0.15) is 11.8 Å². The van der Waals surface area contributed by atoms with Gasteiger partial charge in [0.15, 0.2) is 0 Å². The topological polar surface area (TPSA) is 104 Å². The Hall–Kier alpha value is -0.960. The minimum absolute atomic E-state index is 0.168. The third-order valence-electron chi connectivity index (χ3n) is 2.60. The van der Waals surface area contributed by atoms with E-state index in [9.17, 15) is 18.0 Å². The summed E-state index contributed by atoms with van der Waals surface area (Å²) in [7, 11) is -3.18. The number of nitrogens with zero attached hydrogens (tertiary/aromatic N) is 1. The van der Waals surface area contributed by atoms with Gasteiger partial charge in [0.05, 0.1) is 5.75 Å². The standard InChI is InChI=1S/C10H18N2O5S2/c1-7(6-19(2,16)17)11-10(15)12-3-4-18-5-8(12)9(13)14/h7-8H,3-6H2,1-2H3,(H,11,15)(H,13,14). The summed E-state index contributed by atoms with van der Waals surface area (Å²) < 4.78 is 22.2. The van der Waals surface area contributed by atoms with Crippen LogP contribution in [-0.2, 0) is 14.6 Å². The molecule has 0 spiro atoms. The molecule has 1 aliphatic rings. The lowest BCUT2D eigenvalue weighted by atomic mass is 10.3. The van der Waals surface area contributed by atoms with E-state index in [0.717, 1.165) is 6.26 Å². The number of carbonyl (C=O) groups is 2. The molecule has 2 N–H and O–H groups in total. The van der Waals surface area contributed by atoms with Crippen molar-refractivity contribution in [3.8, 4) is 0 Å². The number of carbonyl (C=O) groups excluding carboxylic acids is 1. The SMILES string of the molecule is CC(CS(C)(=O)=O)NC(=O)N1CCSCC1C(=O)O. The number of hydrogen-bond acceptors (Lipinski definition) is 5. The van der Waals surface area contributed by atoms with E-state index in [1.54, 1.807) is 6.92 Å². The maximum atomic E-state index is 12.0. The number of carboxylic acid groups (broad SMARTS) is 1. The van der Waals surface area contributed by atoms with Gasteiger partial charge in [-0.15, -0.1) is 0 Å². The largest absolute Gasteiger partial charge is 0.480 e. The zero-order valence-corrected chi connectivity index (χ0v) is 12.5. The molecule has 2 atom stereocenters. The maximum absolute atomic E-state index is 12.0. The third kappa shape index (κ3) is 5.27. The highest BCUT2D eigenvalue weighted by molar-refractivity contribution is 7.99. The first kappa shape index (κ1) is 16.1. The minimum atomic E-state index is -3.18. The summed E-state index contributed by atoms with van der Waals surface area (Å²) in [5, 5.41) is 11.6. The van der Waals surface area contributed by atoms with Crippen LogP contribution in [0.2, 0.25) is 0 Å². The molecule has 7 nitrogen and oxygen atoms in total. The lowest BCUT2D eigenvalue weighted by Gasteiger charge is -2.33. The number of hydrogen-bond donors (Lipinski definition) is 2. The average Bonchev–Trinajstić information content (AvgIpc) is 2.26. The lowest BCUT2D eigenvalue weighted by Crippen LogP contribution is -2.55. The van der Waals surface area contributed by atoms with Crippen molar-refractivity contribution in [1.82, 2.24) is 10.2 Å². The van der Waals surface area contributed by atoms with Gasteiger partial charge in [-0.1, -0.05) is 0 Å². The minimum Gasteiger partial charge on any atom is -0.480 e. The van der Waals surface area contributed by atoms with E-state index in [4.69, 9.17) is 5.11 Å². The smallest absolute Gasteiger partial charge is 0.327 e. The second kappa shape index (κ2) is 6.47. The van der Waals surface area contributed by atoms with Crippen LogP contribution in [0.25, 0.3) is 0 Å². The molecule has 19 heavy (non-hydrogen) atoms. The summed E-state index contributed by atoms with van der Waals surface area (Å²) in [6, 6.07) is -1.93. The molecule has 1 rings (SSSR count). The first-order valence-corrected chi connectivity index (χ1v) is 8.97. The molecule has 9 heteroatoms. The van der Waals surface area contributed by atoms with Gasteiger partial charge >= 0.3 is 12.0 Å². The Morgan fingerprint density at radius 2 is 2.16 bits per heavy atom. The fourth-order valence-corrected chi connectivity index (χ4v) is 3.87. The highest BCUT2D eigenvalue weighted by atomic mass is 32.2. The summed E-state index contributed by atoms with van der Waals surface area (Å²) in [6.07, 6.45) is 1.09. The van der Waals surface area contributed by atoms with E-state index in [1.165, 1.54) is 16.7 Å². The Balaban J connectivity index is 2.63. The maximum Gasteiger partial charge on any atom is 0.327 e. The summed E-state index contributed by atoms with van der Waals surface area (Å²) in [5.74, 6) is -0.182. The quantitative estimate of drug-likeness (QED) is 0.734. The number of urea groups is 1. The molecule has 0 aromatic rings. The average molecular weight is 310 g/mol. The molecule has 1 heterocycles. The van der Waals surface area contributed by atoms with Crippen molar-refractivity contribution < 1.29 is 23.1 Å². The molecule has 1 aliphatic heterocycles. The van der Waals surface area contributed by atoms with Crippen molar-refractivity contribution in [3.63, 3.8) is 0 Å². The molecule has 2 amide bonds. The van der Waals surface area contributed by atoms with Crippen LogP contribution in [0.15, 0.2) is 0 Å². The van der Waals surface area contributed by atoms with E-state index in [2.05, 4.69) is 5.32 Å². The molecule has 110 valence electrons. The molecule has 0 saturated carbocycles. The number of rotatable bonds is 4. The molecule has 2 unspecified atom stereocenters. The predicted octanol–water partition coefficient (Wildman–Crippen LogP) is -0.369. The second-order valence-corrected chi connectivity index (χ2v) is 7.90. The van der Waals surface area contributed by atoms with Gasteiger partial charge in [0, 0.05) is 30.3 Å². The van der Waals surface area contributed by atoms with Gasteiger partial charge in [-0.3, -0.25) is 0 Å². The zero-order valence-electron chi connectivity index (χ0n) is 10.8. The second-order valence-electron chi connectivity index (χ2n) is 4.57. The van der Waals surface area contributed by atoms with E-state index in [-0.39, 0.29) is 5.75 Å². The van der Waals surface area contributed by atoms with Crippen molar-refractivity contribution >= 4 is 33.6 Å². The van der Waals surface area contributed by atoms with Gasteiger partial charge in [0.1, 0.15) is 15.9 Å².